The molecule has 1 atom stereocenters. The number of hydrogen-bond acceptors (Lipinski definition) is 2. The van der Waals surface area contributed by atoms with E-state index in [1.165, 1.54) is 0 Å². The summed E-state index contributed by atoms with van der Waals surface area (Å²) in [6.07, 6.45) is 1.80. The van der Waals surface area contributed by atoms with E-state index in [1.54, 1.807) is 6.20 Å². The Labute approximate surface area is 120 Å². The predicted octanol–water partition coefficient (Wildman–Crippen LogP) is 3.53. The second-order valence-electron chi connectivity index (χ2n) is 4.04. The molecule has 0 saturated carbocycles. The first-order chi connectivity index (χ1) is 8.63. The Morgan fingerprint density at radius 1 is 1.44 bits per heavy atom. The summed E-state index contributed by atoms with van der Waals surface area (Å²) in [6.45, 7) is 2.94. The van der Waals surface area contributed by atoms with Gasteiger partial charge in [0, 0.05) is 22.7 Å². The van der Waals surface area contributed by atoms with Gasteiger partial charge in [-0.2, -0.15) is 5.10 Å². The minimum atomic E-state index is 0.0584. The van der Waals surface area contributed by atoms with Crippen molar-refractivity contribution in [1.82, 2.24) is 15.1 Å². The summed E-state index contributed by atoms with van der Waals surface area (Å²) in [5.41, 5.74) is 2.16. The van der Waals surface area contributed by atoms with Crippen LogP contribution >= 0.6 is 27.5 Å². The quantitative estimate of drug-likeness (QED) is 0.930. The third-order valence-corrected chi connectivity index (χ3v) is 3.66. The van der Waals surface area contributed by atoms with Crippen LogP contribution in [0, 0.1) is 0 Å². The largest absolute Gasteiger partial charge is 0.305 e. The number of aromatic nitrogens is 2. The monoisotopic (exact) mass is 327 g/mol. The van der Waals surface area contributed by atoms with Gasteiger partial charge < -0.3 is 5.32 Å². The molecule has 1 aromatic heterocycles. The summed E-state index contributed by atoms with van der Waals surface area (Å²) in [6, 6.07) is 8.01. The van der Waals surface area contributed by atoms with E-state index in [1.807, 2.05) is 36.0 Å². The van der Waals surface area contributed by atoms with Crippen LogP contribution in [-0.4, -0.2) is 16.3 Å². The zero-order valence-electron chi connectivity index (χ0n) is 10.3. The summed E-state index contributed by atoms with van der Waals surface area (Å²) in [4.78, 5) is 0. The highest BCUT2D eigenvalue weighted by Crippen LogP contribution is 2.30. The molecule has 0 fully saturated rings. The lowest BCUT2D eigenvalue weighted by atomic mass is 10.0. The van der Waals surface area contributed by atoms with Crippen molar-refractivity contribution in [3.8, 4) is 0 Å². The van der Waals surface area contributed by atoms with Crippen LogP contribution in [0.4, 0.5) is 0 Å². The molecule has 0 spiro atoms. The van der Waals surface area contributed by atoms with Gasteiger partial charge in [0.2, 0.25) is 0 Å². The van der Waals surface area contributed by atoms with Crippen molar-refractivity contribution in [2.45, 2.75) is 13.0 Å². The van der Waals surface area contributed by atoms with Crippen molar-refractivity contribution in [2.24, 2.45) is 7.05 Å². The van der Waals surface area contributed by atoms with Crippen LogP contribution in [0.15, 0.2) is 34.9 Å². The molecule has 3 nitrogen and oxygen atoms in total. The molecule has 0 radical (unpaired) electrons. The molecule has 5 heteroatoms. The third kappa shape index (κ3) is 2.76. The molecule has 1 N–H and O–H groups in total. The van der Waals surface area contributed by atoms with Crippen molar-refractivity contribution in [3.63, 3.8) is 0 Å². The summed E-state index contributed by atoms with van der Waals surface area (Å²) in [5, 5.41) is 8.41. The molecule has 2 rings (SSSR count). The molecular formula is C13H15BrClN3. The Morgan fingerprint density at radius 3 is 2.78 bits per heavy atom. The molecule has 2 aromatic rings. The van der Waals surface area contributed by atoms with Crippen molar-refractivity contribution in [2.75, 3.05) is 6.54 Å². The van der Waals surface area contributed by atoms with Gasteiger partial charge in [0.25, 0.3) is 0 Å². The topological polar surface area (TPSA) is 29.9 Å². The van der Waals surface area contributed by atoms with Crippen LogP contribution < -0.4 is 5.32 Å². The fourth-order valence-corrected chi connectivity index (χ4v) is 2.76. The maximum atomic E-state index is 6.33. The van der Waals surface area contributed by atoms with E-state index < -0.39 is 0 Å². The fourth-order valence-electron chi connectivity index (χ4n) is 1.98. The van der Waals surface area contributed by atoms with Gasteiger partial charge >= 0.3 is 0 Å². The van der Waals surface area contributed by atoms with Gasteiger partial charge in [0.15, 0.2) is 0 Å². The van der Waals surface area contributed by atoms with Crippen LogP contribution in [0.3, 0.4) is 0 Å². The van der Waals surface area contributed by atoms with Gasteiger partial charge in [-0.15, -0.1) is 0 Å². The maximum absolute atomic E-state index is 6.33. The van der Waals surface area contributed by atoms with Gasteiger partial charge in [0.05, 0.1) is 11.7 Å². The average molecular weight is 329 g/mol. The highest BCUT2D eigenvalue weighted by Gasteiger charge is 2.18. The minimum absolute atomic E-state index is 0.0584. The van der Waals surface area contributed by atoms with E-state index in [0.717, 1.165) is 27.3 Å². The normalized spacial score (nSPS) is 12.7. The number of rotatable bonds is 4. The van der Waals surface area contributed by atoms with Crippen LogP contribution in [-0.2, 0) is 7.05 Å². The number of hydrogen-bond donors (Lipinski definition) is 1. The van der Waals surface area contributed by atoms with Crippen molar-refractivity contribution in [3.05, 3.63) is 51.2 Å². The predicted molar refractivity (Wildman–Crippen MR) is 77.9 cm³/mol. The third-order valence-electron chi connectivity index (χ3n) is 2.84. The van der Waals surface area contributed by atoms with Crippen molar-refractivity contribution in [1.29, 1.82) is 0 Å². The lowest BCUT2D eigenvalue weighted by Crippen LogP contribution is -2.24. The standard InChI is InChI=1S/C13H15BrClN3/c1-3-16-13(12-6-7-17-18(12)2)10-5-4-9(14)8-11(10)15/h4-8,13,16H,3H2,1-2H3. The number of nitrogens with one attached hydrogen (secondary N) is 1. The van der Waals surface area contributed by atoms with Crippen molar-refractivity contribution < 1.29 is 0 Å². The lowest BCUT2D eigenvalue weighted by molar-refractivity contribution is 0.573. The van der Waals surface area contributed by atoms with Crippen LogP contribution in [0.5, 0.6) is 0 Å². The van der Waals surface area contributed by atoms with E-state index in [9.17, 15) is 0 Å². The highest BCUT2D eigenvalue weighted by atomic mass is 79.9. The molecule has 0 saturated heterocycles. The number of aryl methyl sites for hydroxylation is 1. The average Bonchev–Trinajstić information content (AvgIpc) is 2.73. The van der Waals surface area contributed by atoms with E-state index in [0.29, 0.717) is 0 Å². The molecule has 0 amide bonds. The second-order valence-corrected chi connectivity index (χ2v) is 5.36. The van der Waals surface area contributed by atoms with Gasteiger partial charge in [-0.05, 0) is 30.3 Å². The Kier molecular flexibility index (Phi) is 4.43. The molecule has 18 heavy (non-hydrogen) atoms. The molecule has 96 valence electrons. The van der Waals surface area contributed by atoms with Gasteiger partial charge in [-0.25, -0.2) is 0 Å². The molecule has 0 aliphatic rings. The number of halogens is 2. The summed E-state index contributed by atoms with van der Waals surface area (Å²) >= 11 is 9.75. The Balaban J connectivity index is 2.45. The molecule has 1 aromatic carbocycles. The molecule has 1 heterocycles. The smallest absolute Gasteiger partial charge is 0.0762 e. The summed E-state index contributed by atoms with van der Waals surface area (Å²) in [5.74, 6) is 0. The number of benzene rings is 1. The first-order valence-corrected chi connectivity index (χ1v) is 6.96. The Hall–Kier alpha value is -0.840. The number of nitrogens with zero attached hydrogens (tertiary/aromatic N) is 2. The SMILES string of the molecule is CCNC(c1ccc(Br)cc1Cl)c1ccnn1C. The zero-order chi connectivity index (χ0) is 13.1. The molecule has 1 unspecified atom stereocenters. The van der Waals surface area contributed by atoms with Crippen LogP contribution in [0.2, 0.25) is 5.02 Å². The first kappa shape index (κ1) is 13.6. The molecular weight excluding hydrogens is 314 g/mol. The minimum Gasteiger partial charge on any atom is -0.305 e. The van der Waals surface area contributed by atoms with E-state index in [2.05, 4.69) is 33.3 Å². The maximum Gasteiger partial charge on any atom is 0.0762 e. The Morgan fingerprint density at radius 2 is 2.22 bits per heavy atom. The first-order valence-electron chi connectivity index (χ1n) is 5.79. The second kappa shape index (κ2) is 5.87. The molecule has 0 bridgehead atoms. The summed E-state index contributed by atoms with van der Waals surface area (Å²) in [7, 11) is 1.94. The van der Waals surface area contributed by atoms with Crippen molar-refractivity contribution >= 4 is 27.5 Å². The molecule has 0 aliphatic heterocycles. The van der Waals surface area contributed by atoms with Crippen LogP contribution in [0.1, 0.15) is 24.2 Å². The van der Waals surface area contributed by atoms with Crippen LogP contribution in [0.25, 0.3) is 0 Å². The summed E-state index contributed by atoms with van der Waals surface area (Å²) < 4.78 is 2.85. The van der Waals surface area contributed by atoms with Gasteiger partial charge in [0.1, 0.15) is 0 Å². The van der Waals surface area contributed by atoms with E-state index in [-0.39, 0.29) is 6.04 Å². The zero-order valence-corrected chi connectivity index (χ0v) is 12.7. The fraction of sp³-hybridized carbons (Fsp3) is 0.308. The lowest BCUT2D eigenvalue weighted by Gasteiger charge is -2.20. The Bertz CT molecular complexity index is 539. The van der Waals surface area contributed by atoms with Gasteiger partial charge in [-0.1, -0.05) is 40.5 Å². The van der Waals surface area contributed by atoms with E-state index >= 15 is 0 Å². The van der Waals surface area contributed by atoms with Gasteiger partial charge in [-0.3, -0.25) is 4.68 Å². The highest BCUT2D eigenvalue weighted by molar-refractivity contribution is 9.10. The van der Waals surface area contributed by atoms with E-state index in [4.69, 9.17) is 11.6 Å². The molecule has 0 aliphatic carbocycles.